The second-order valence-electron chi connectivity index (χ2n) is 9.62. The first-order valence-electron chi connectivity index (χ1n) is 11.9. The number of ketones is 1. The normalized spacial score (nSPS) is 29.9. The summed E-state index contributed by atoms with van der Waals surface area (Å²) in [5.74, 6) is 0.178. The number of Topliss-reactive ketones (excluding diaryl/α,β-unsaturated/α-hetero) is 1. The van der Waals surface area contributed by atoms with E-state index in [0.717, 1.165) is 11.1 Å². The largest absolute Gasteiger partial charge is 0.427 e. The van der Waals surface area contributed by atoms with Gasteiger partial charge in [-0.2, -0.15) is 0 Å². The highest BCUT2D eigenvalue weighted by Crippen LogP contribution is 2.52. The lowest BCUT2D eigenvalue weighted by atomic mass is 9.78. The van der Waals surface area contributed by atoms with Gasteiger partial charge in [-0.15, -0.1) is 0 Å². The summed E-state index contributed by atoms with van der Waals surface area (Å²) in [5, 5.41) is 0. The molecular formula is C27H28O9. The number of hydrogen-bond acceptors (Lipinski definition) is 9. The van der Waals surface area contributed by atoms with Crippen LogP contribution in [0.3, 0.4) is 0 Å². The SMILES string of the molecule is CC(=O)Oc1ccc(C2OCC3(CCC4(COC(c5ccc(OC(C)=O)cc5)OC4)C3=O)CO2)cc1. The van der Waals surface area contributed by atoms with E-state index in [1.807, 2.05) is 0 Å². The van der Waals surface area contributed by atoms with Crippen molar-refractivity contribution in [2.24, 2.45) is 10.8 Å². The van der Waals surface area contributed by atoms with Gasteiger partial charge in [-0.3, -0.25) is 14.4 Å². The van der Waals surface area contributed by atoms with Crippen molar-refractivity contribution in [3.05, 3.63) is 59.7 Å². The Kier molecular flexibility index (Phi) is 6.65. The number of carbonyl (C=O) groups excluding carboxylic acids is 3. The average Bonchev–Trinajstić information content (AvgIpc) is 3.12. The predicted molar refractivity (Wildman–Crippen MR) is 124 cm³/mol. The van der Waals surface area contributed by atoms with Gasteiger partial charge >= 0.3 is 11.9 Å². The fourth-order valence-electron chi connectivity index (χ4n) is 5.04. The zero-order valence-corrected chi connectivity index (χ0v) is 20.2. The number of esters is 2. The monoisotopic (exact) mass is 496 g/mol. The molecule has 2 aromatic carbocycles. The molecule has 9 heteroatoms. The Morgan fingerprint density at radius 3 is 1.31 bits per heavy atom. The van der Waals surface area contributed by atoms with Crippen LogP contribution >= 0.6 is 0 Å². The van der Waals surface area contributed by atoms with Crippen LogP contribution < -0.4 is 9.47 Å². The number of hydrogen-bond donors (Lipinski definition) is 0. The van der Waals surface area contributed by atoms with Crippen LogP contribution in [0.2, 0.25) is 0 Å². The third-order valence-corrected chi connectivity index (χ3v) is 6.92. The molecule has 2 spiro atoms. The molecule has 0 bridgehead atoms. The minimum Gasteiger partial charge on any atom is -0.427 e. The van der Waals surface area contributed by atoms with Gasteiger partial charge in [0, 0.05) is 25.0 Å². The highest BCUT2D eigenvalue weighted by molar-refractivity contribution is 5.93. The highest BCUT2D eigenvalue weighted by Gasteiger charge is 2.60. The summed E-state index contributed by atoms with van der Waals surface area (Å²) in [7, 11) is 0. The van der Waals surface area contributed by atoms with Gasteiger partial charge < -0.3 is 28.4 Å². The second-order valence-corrected chi connectivity index (χ2v) is 9.62. The third kappa shape index (κ3) is 4.79. The minimum absolute atomic E-state index is 0.0577. The number of rotatable bonds is 4. The van der Waals surface area contributed by atoms with Crippen LogP contribution in [0.15, 0.2) is 48.5 Å². The van der Waals surface area contributed by atoms with Crippen molar-refractivity contribution in [1.82, 2.24) is 0 Å². The number of benzene rings is 2. The molecule has 1 aliphatic carbocycles. The predicted octanol–water partition coefficient (Wildman–Crippen LogP) is 3.66. The van der Waals surface area contributed by atoms with E-state index in [2.05, 4.69) is 0 Å². The smallest absolute Gasteiger partial charge is 0.308 e. The molecule has 9 nitrogen and oxygen atoms in total. The lowest BCUT2D eigenvalue weighted by Gasteiger charge is -2.40. The Labute approximate surface area is 208 Å². The van der Waals surface area contributed by atoms with Crippen LogP contribution in [-0.4, -0.2) is 44.1 Å². The van der Waals surface area contributed by atoms with Gasteiger partial charge in [0.2, 0.25) is 0 Å². The first-order chi connectivity index (χ1) is 17.3. The molecule has 2 heterocycles. The van der Waals surface area contributed by atoms with Gasteiger partial charge in [0.05, 0.1) is 37.3 Å². The molecule has 0 aromatic heterocycles. The van der Waals surface area contributed by atoms with Crippen LogP contribution in [0.1, 0.15) is 50.4 Å². The van der Waals surface area contributed by atoms with Gasteiger partial charge in [0.15, 0.2) is 18.4 Å². The van der Waals surface area contributed by atoms with Crippen molar-refractivity contribution in [2.75, 3.05) is 26.4 Å². The molecule has 2 saturated heterocycles. The molecule has 0 N–H and O–H groups in total. The summed E-state index contributed by atoms with van der Waals surface area (Å²) in [6.45, 7) is 3.71. The molecule has 0 atom stereocenters. The molecule has 36 heavy (non-hydrogen) atoms. The van der Waals surface area contributed by atoms with E-state index in [1.165, 1.54) is 13.8 Å². The van der Waals surface area contributed by atoms with Gasteiger partial charge in [0.25, 0.3) is 0 Å². The average molecular weight is 497 g/mol. The molecule has 2 aromatic rings. The van der Waals surface area contributed by atoms with E-state index >= 15 is 0 Å². The maximum absolute atomic E-state index is 13.6. The Balaban J connectivity index is 1.18. The highest BCUT2D eigenvalue weighted by atomic mass is 16.7. The third-order valence-electron chi connectivity index (χ3n) is 6.92. The Bertz CT molecular complexity index is 1030. The van der Waals surface area contributed by atoms with E-state index in [9.17, 15) is 14.4 Å². The maximum atomic E-state index is 13.6. The molecule has 0 amide bonds. The molecule has 2 aliphatic heterocycles. The molecular weight excluding hydrogens is 468 g/mol. The fraction of sp³-hybridized carbons (Fsp3) is 0.444. The van der Waals surface area contributed by atoms with E-state index in [0.29, 0.717) is 24.3 Å². The molecule has 190 valence electrons. The van der Waals surface area contributed by atoms with Crippen LogP contribution in [0.4, 0.5) is 0 Å². The molecule has 5 rings (SSSR count). The van der Waals surface area contributed by atoms with Crippen molar-refractivity contribution >= 4 is 17.7 Å². The van der Waals surface area contributed by atoms with Gasteiger partial charge in [-0.05, 0) is 37.1 Å². The lowest BCUT2D eigenvalue weighted by molar-refractivity contribution is -0.240. The van der Waals surface area contributed by atoms with E-state index in [1.54, 1.807) is 48.5 Å². The first-order valence-corrected chi connectivity index (χ1v) is 11.9. The van der Waals surface area contributed by atoms with Crippen LogP contribution in [0, 0.1) is 10.8 Å². The quantitative estimate of drug-likeness (QED) is 0.463. The zero-order valence-electron chi connectivity index (χ0n) is 20.2. The summed E-state index contributed by atoms with van der Waals surface area (Å²) < 4.78 is 34.1. The number of carbonyl (C=O) groups is 3. The zero-order chi connectivity index (χ0) is 25.3. The summed E-state index contributed by atoms with van der Waals surface area (Å²) >= 11 is 0. The second kappa shape index (κ2) is 9.74. The van der Waals surface area contributed by atoms with Gasteiger partial charge in [-0.25, -0.2) is 0 Å². The molecule has 1 saturated carbocycles. The Hall–Kier alpha value is -3.11. The molecule has 3 aliphatic rings. The standard InChI is InChI=1S/C27H28O9/c1-17(28)35-21-7-3-19(4-8-21)23-31-13-26(14-32-23)11-12-27(25(26)30)15-33-24(34-16-27)20-5-9-22(10-6-20)36-18(2)29/h3-10,23-24H,11-16H2,1-2H3. The van der Waals surface area contributed by atoms with Crippen molar-refractivity contribution in [1.29, 1.82) is 0 Å². The van der Waals surface area contributed by atoms with Crippen LogP contribution in [0.25, 0.3) is 0 Å². The molecule has 0 radical (unpaired) electrons. The van der Waals surface area contributed by atoms with Crippen molar-refractivity contribution in [3.8, 4) is 11.5 Å². The fourth-order valence-corrected chi connectivity index (χ4v) is 5.04. The molecule has 3 fully saturated rings. The maximum Gasteiger partial charge on any atom is 0.308 e. The van der Waals surface area contributed by atoms with Crippen molar-refractivity contribution < 1.29 is 42.8 Å². The van der Waals surface area contributed by atoms with Crippen molar-refractivity contribution in [2.45, 2.75) is 39.3 Å². The van der Waals surface area contributed by atoms with E-state index in [-0.39, 0.29) is 44.1 Å². The van der Waals surface area contributed by atoms with Crippen molar-refractivity contribution in [3.63, 3.8) is 0 Å². The minimum atomic E-state index is -0.723. The summed E-state index contributed by atoms with van der Waals surface area (Å²) in [4.78, 5) is 35.8. The summed E-state index contributed by atoms with van der Waals surface area (Å²) in [6.07, 6.45) is 0.0886. The Morgan fingerprint density at radius 2 is 1.00 bits per heavy atom. The van der Waals surface area contributed by atoms with E-state index in [4.69, 9.17) is 28.4 Å². The summed E-state index contributed by atoms with van der Waals surface area (Å²) in [6, 6.07) is 13.8. The Morgan fingerprint density at radius 1 is 0.667 bits per heavy atom. The molecule has 0 unspecified atom stereocenters. The summed E-state index contributed by atoms with van der Waals surface area (Å²) in [5.41, 5.74) is 0.124. The van der Waals surface area contributed by atoms with Gasteiger partial charge in [-0.1, -0.05) is 24.3 Å². The first kappa shape index (κ1) is 24.6. The number of ether oxygens (including phenoxy) is 6. The van der Waals surface area contributed by atoms with E-state index < -0.39 is 23.4 Å². The lowest BCUT2D eigenvalue weighted by Crippen LogP contribution is -2.50. The van der Waals surface area contributed by atoms with Crippen LogP contribution in [0.5, 0.6) is 11.5 Å². The van der Waals surface area contributed by atoms with Crippen LogP contribution in [-0.2, 0) is 33.3 Å². The van der Waals surface area contributed by atoms with Gasteiger partial charge in [0.1, 0.15) is 11.5 Å². The topological polar surface area (TPSA) is 107 Å².